The number of para-hydroxylation sites is 1. The highest BCUT2D eigenvalue weighted by Crippen LogP contribution is 2.33. The Morgan fingerprint density at radius 3 is 2.26 bits per heavy atom. The molecule has 2 rings (SSSR count). The van der Waals surface area contributed by atoms with Crippen LogP contribution in [0.25, 0.3) is 0 Å². The van der Waals surface area contributed by atoms with Gasteiger partial charge in [-0.2, -0.15) is 0 Å². The fourth-order valence-electron chi connectivity index (χ4n) is 2.12. The van der Waals surface area contributed by atoms with Crippen LogP contribution in [0.3, 0.4) is 0 Å². The van der Waals surface area contributed by atoms with E-state index in [9.17, 15) is 13.2 Å². The highest BCUT2D eigenvalue weighted by Gasteiger charge is 2.21. The average Bonchev–Trinajstić information content (AvgIpc) is 2.52. The fraction of sp³-hybridized carbons (Fsp3) is 0.188. The number of carbonyl (C=O) groups excluding carboxylic acids is 1. The van der Waals surface area contributed by atoms with Crippen molar-refractivity contribution in [1.82, 2.24) is 0 Å². The van der Waals surface area contributed by atoms with Gasteiger partial charge in [-0.15, -0.1) is 0 Å². The molecule has 0 spiro atoms. The third-order valence-corrected chi connectivity index (χ3v) is 4.68. The van der Waals surface area contributed by atoms with E-state index in [2.05, 4.69) is 0 Å². The largest absolute Gasteiger partial charge is 0.493 e. The van der Waals surface area contributed by atoms with E-state index in [1.54, 1.807) is 18.2 Å². The third-order valence-electron chi connectivity index (χ3n) is 3.26. The Labute approximate surface area is 139 Å². The molecule has 0 aliphatic heterocycles. The molecule has 2 aromatic carbocycles. The van der Waals surface area contributed by atoms with Gasteiger partial charge >= 0.3 is 0 Å². The summed E-state index contributed by atoms with van der Waals surface area (Å²) in [5.74, 6) is 0.330. The molecule has 0 atom stereocenters. The normalized spacial score (nSPS) is 11.1. The predicted octanol–water partition coefficient (Wildman–Crippen LogP) is 2.99. The Bertz CT molecular complexity index is 859. The second kappa shape index (κ2) is 6.60. The number of sulfone groups is 1. The maximum atomic E-state index is 12.7. The van der Waals surface area contributed by atoms with Gasteiger partial charge in [0.1, 0.15) is 0 Å². The summed E-state index contributed by atoms with van der Waals surface area (Å²) in [4.78, 5) is 12.8. The Morgan fingerprint density at radius 1 is 1.04 bits per heavy atom. The lowest BCUT2D eigenvalue weighted by molar-refractivity contribution is 0.103. The zero-order valence-electron chi connectivity index (χ0n) is 12.8. The van der Waals surface area contributed by atoms with Gasteiger partial charge in [-0.3, -0.25) is 4.79 Å². The Hall–Kier alpha value is -2.05. The number of rotatable bonds is 5. The van der Waals surface area contributed by atoms with E-state index in [1.807, 2.05) is 0 Å². The fourth-order valence-corrected chi connectivity index (χ4v) is 3.10. The van der Waals surface area contributed by atoms with Crippen molar-refractivity contribution in [3.63, 3.8) is 0 Å². The summed E-state index contributed by atoms with van der Waals surface area (Å²) < 4.78 is 33.5. The van der Waals surface area contributed by atoms with E-state index >= 15 is 0 Å². The van der Waals surface area contributed by atoms with Crippen LogP contribution in [0.2, 0.25) is 5.02 Å². The van der Waals surface area contributed by atoms with Crippen molar-refractivity contribution in [3.05, 3.63) is 52.5 Å². The smallest absolute Gasteiger partial charge is 0.198 e. The van der Waals surface area contributed by atoms with Gasteiger partial charge in [0, 0.05) is 11.8 Å². The molecule has 122 valence electrons. The maximum Gasteiger partial charge on any atom is 0.198 e. The molecular weight excluding hydrogens is 340 g/mol. The number of halogens is 1. The van der Waals surface area contributed by atoms with Crippen molar-refractivity contribution in [2.24, 2.45) is 0 Å². The lowest BCUT2D eigenvalue weighted by Gasteiger charge is -2.12. The van der Waals surface area contributed by atoms with E-state index in [0.717, 1.165) is 6.26 Å². The summed E-state index contributed by atoms with van der Waals surface area (Å²) in [7, 11) is -0.491. The monoisotopic (exact) mass is 354 g/mol. The lowest BCUT2D eigenvalue weighted by Crippen LogP contribution is -2.07. The summed E-state index contributed by atoms with van der Waals surface area (Å²) in [5.41, 5.74) is 0.464. The lowest BCUT2D eigenvalue weighted by atomic mass is 10.0. The van der Waals surface area contributed by atoms with E-state index in [4.69, 9.17) is 21.1 Å². The van der Waals surface area contributed by atoms with Crippen LogP contribution in [0.5, 0.6) is 11.5 Å². The predicted molar refractivity (Wildman–Crippen MR) is 87.5 cm³/mol. The van der Waals surface area contributed by atoms with Crippen molar-refractivity contribution in [3.8, 4) is 11.5 Å². The minimum atomic E-state index is -3.40. The van der Waals surface area contributed by atoms with Crippen LogP contribution >= 0.6 is 11.6 Å². The van der Waals surface area contributed by atoms with Crippen molar-refractivity contribution in [2.75, 3.05) is 20.5 Å². The zero-order chi connectivity index (χ0) is 17.2. The SMILES string of the molecule is COc1cccc(C(=O)c2ccc(S(C)(=O)=O)cc2Cl)c1OC. The summed E-state index contributed by atoms with van der Waals surface area (Å²) in [5, 5.41) is 0.0581. The van der Waals surface area contributed by atoms with Gasteiger partial charge in [-0.1, -0.05) is 17.7 Å². The Kier molecular flexibility index (Phi) is 4.97. The van der Waals surface area contributed by atoms with Crippen LogP contribution < -0.4 is 9.47 Å². The first kappa shape index (κ1) is 17.3. The van der Waals surface area contributed by atoms with Crippen molar-refractivity contribution < 1.29 is 22.7 Å². The van der Waals surface area contributed by atoms with E-state index < -0.39 is 9.84 Å². The molecule has 0 N–H and O–H groups in total. The average molecular weight is 355 g/mol. The number of ether oxygens (including phenoxy) is 2. The second-order valence-electron chi connectivity index (χ2n) is 4.78. The number of hydrogen-bond donors (Lipinski definition) is 0. The van der Waals surface area contributed by atoms with Crippen LogP contribution in [-0.4, -0.2) is 34.7 Å². The van der Waals surface area contributed by atoms with Gasteiger partial charge < -0.3 is 9.47 Å². The second-order valence-corrected chi connectivity index (χ2v) is 7.21. The van der Waals surface area contributed by atoms with Crippen LogP contribution in [0.1, 0.15) is 15.9 Å². The molecule has 0 saturated heterocycles. The van der Waals surface area contributed by atoms with E-state index in [0.29, 0.717) is 11.5 Å². The topological polar surface area (TPSA) is 69.7 Å². The first-order chi connectivity index (χ1) is 10.8. The van der Waals surface area contributed by atoms with Gasteiger partial charge in [0.05, 0.1) is 29.7 Å². The van der Waals surface area contributed by atoms with Crippen LogP contribution in [0.4, 0.5) is 0 Å². The molecule has 0 heterocycles. The highest BCUT2D eigenvalue weighted by atomic mass is 35.5. The van der Waals surface area contributed by atoms with Gasteiger partial charge in [0.15, 0.2) is 27.1 Å². The summed E-state index contributed by atoms with van der Waals surface area (Å²) >= 11 is 6.09. The highest BCUT2D eigenvalue weighted by molar-refractivity contribution is 7.90. The molecule has 0 bridgehead atoms. The van der Waals surface area contributed by atoms with Crippen molar-refractivity contribution >= 4 is 27.2 Å². The molecule has 2 aromatic rings. The van der Waals surface area contributed by atoms with Crippen LogP contribution in [0, 0.1) is 0 Å². The van der Waals surface area contributed by atoms with Crippen LogP contribution in [-0.2, 0) is 9.84 Å². The van der Waals surface area contributed by atoms with E-state index in [1.165, 1.54) is 32.4 Å². The first-order valence-electron chi connectivity index (χ1n) is 6.55. The standard InChI is InChI=1S/C16H15ClO5S/c1-21-14-6-4-5-12(16(14)22-2)15(18)11-8-7-10(9-13(11)17)23(3,19)20/h4-9H,1-3H3. The zero-order valence-corrected chi connectivity index (χ0v) is 14.4. The summed E-state index contributed by atoms with van der Waals surface area (Å²) in [6, 6.07) is 8.92. The summed E-state index contributed by atoms with van der Waals surface area (Å²) in [6.07, 6.45) is 1.07. The molecule has 0 fully saturated rings. The number of benzene rings is 2. The first-order valence-corrected chi connectivity index (χ1v) is 8.81. The maximum absolute atomic E-state index is 12.7. The van der Waals surface area contributed by atoms with Gasteiger partial charge in [-0.25, -0.2) is 8.42 Å². The molecule has 7 heteroatoms. The van der Waals surface area contributed by atoms with Gasteiger partial charge in [0.25, 0.3) is 0 Å². The molecule has 23 heavy (non-hydrogen) atoms. The number of ketones is 1. The summed E-state index contributed by atoms with van der Waals surface area (Å²) in [6.45, 7) is 0. The Balaban J connectivity index is 2.54. The minimum absolute atomic E-state index is 0.0525. The van der Waals surface area contributed by atoms with Crippen molar-refractivity contribution in [2.45, 2.75) is 4.90 Å². The minimum Gasteiger partial charge on any atom is -0.493 e. The Morgan fingerprint density at radius 2 is 1.74 bits per heavy atom. The molecule has 0 unspecified atom stereocenters. The van der Waals surface area contributed by atoms with Gasteiger partial charge in [0.2, 0.25) is 0 Å². The third kappa shape index (κ3) is 3.48. The van der Waals surface area contributed by atoms with Gasteiger partial charge in [-0.05, 0) is 30.3 Å². The number of methoxy groups -OCH3 is 2. The van der Waals surface area contributed by atoms with Crippen LogP contribution in [0.15, 0.2) is 41.3 Å². The molecule has 0 aliphatic carbocycles. The molecule has 0 aliphatic rings. The molecule has 0 radical (unpaired) electrons. The number of carbonyl (C=O) groups is 1. The molecule has 0 amide bonds. The van der Waals surface area contributed by atoms with Crippen molar-refractivity contribution in [1.29, 1.82) is 0 Å². The van der Waals surface area contributed by atoms with E-state index in [-0.39, 0.29) is 26.8 Å². The molecule has 5 nitrogen and oxygen atoms in total. The molecule has 0 saturated carbocycles. The quantitative estimate of drug-likeness (QED) is 0.772. The molecular formula is C16H15ClO5S. The molecule has 0 aromatic heterocycles. The number of hydrogen-bond acceptors (Lipinski definition) is 5.